The summed E-state index contributed by atoms with van der Waals surface area (Å²) in [4.78, 5) is 31.3. The molecule has 0 radical (unpaired) electrons. The first-order valence-corrected chi connectivity index (χ1v) is 12.1. The van der Waals surface area contributed by atoms with Crippen LogP contribution >= 0.6 is 0 Å². The van der Waals surface area contributed by atoms with Crippen LogP contribution in [0.2, 0.25) is 0 Å². The van der Waals surface area contributed by atoms with Gasteiger partial charge in [0.25, 0.3) is 0 Å². The minimum absolute atomic E-state index is 0.0772. The van der Waals surface area contributed by atoms with Crippen LogP contribution in [0.4, 0.5) is 11.4 Å². The molecule has 2 aliphatic heterocycles. The van der Waals surface area contributed by atoms with Crippen molar-refractivity contribution in [3.63, 3.8) is 0 Å². The fourth-order valence-electron chi connectivity index (χ4n) is 4.88. The van der Waals surface area contributed by atoms with Gasteiger partial charge in [0.1, 0.15) is 22.7 Å². The average molecular weight is 487 g/mol. The van der Waals surface area contributed by atoms with Gasteiger partial charge in [-0.15, -0.1) is 0 Å². The quantitative estimate of drug-likeness (QED) is 0.333. The number of rotatable bonds is 5. The van der Waals surface area contributed by atoms with Gasteiger partial charge in [0.15, 0.2) is 0 Å². The van der Waals surface area contributed by atoms with Crippen LogP contribution in [-0.2, 0) is 16.0 Å². The lowest BCUT2D eigenvalue weighted by Gasteiger charge is -2.43. The Hall–Kier alpha value is -3.87. The van der Waals surface area contributed by atoms with Crippen molar-refractivity contribution in [2.75, 3.05) is 18.6 Å². The summed E-state index contributed by atoms with van der Waals surface area (Å²) in [6.45, 7) is 8.83. The molecule has 0 amide bonds. The van der Waals surface area contributed by atoms with Gasteiger partial charge in [-0.1, -0.05) is 45.0 Å². The van der Waals surface area contributed by atoms with E-state index in [0.717, 1.165) is 24.0 Å². The fraction of sp³-hybridized carbons (Fsp3) is 0.345. The van der Waals surface area contributed by atoms with Gasteiger partial charge in [0.05, 0.1) is 13.3 Å². The maximum absolute atomic E-state index is 12.5. The molecule has 7 nitrogen and oxygen atoms in total. The van der Waals surface area contributed by atoms with Gasteiger partial charge in [0, 0.05) is 31.0 Å². The Morgan fingerprint density at radius 1 is 1.17 bits per heavy atom. The first kappa shape index (κ1) is 23.9. The highest BCUT2D eigenvalue weighted by Gasteiger charge is 2.48. The number of ether oxygens (including phenoxy) is 3. The first-order chi connectivity index (χ1) is 17.2. The Kier molecular flexibility index (Phi) is 5.74. The van der Waals surface area contributed by atoms with E-state index in [-0.39, 0.29) is 16.7 Å². The maximum atomic E-state index is 12.5. The predicted molar refractivity (Wildman–Crippen MR) is 140 cm³/mol. The average Bonchev–Trinajstić information content (AvgIpc) is 3.14. The fourth-order valence-corrected chi connectivity index (χ4v) is 4.88. The first-order valence-electron chi connectivity index (χ1n) is 12.1. The Labute approximate surface area is 210 Å². The molecule has 36 heavy (non-hydrogen) atoms. The van der Waals surface area contributed by atoms with E-state index in [0.29, 0.717) is 23.2 Å². The molecule has 1 spiro atoms. The Bertz CT molecular complexity index is 1410. The van der Waals surface area contributed by atoms with Gasteiger partial charge in [-0.2, -0.15) is 0 Å². The number of fused-ring (bicyclic) bond motifs is 4. The van der Waals surface area contributed by atoms with Gasteiger partial charge in [-0.25, -0.2) is 4.79 Å². The van der Waals surface area contributed by atoms with Gasteiger partial charge in [-0.3, -0.25) is 9.79 Å². The minimum atomic E-state index is -0.736. The molecule has 7 heteroatoms. The highest BCUT2D eigenvalue weighted by Crippen LogP contribution is 2.48. The number of para-hydroxylation sites is 1. The number of aliphatic imine (C=N–C) groups is 1. The lowest BCUT2D eigenvalue weighted by atomic mass is 9.89. The van der Waals surface area contributed by atoms with E-state index in [4.69, 9.17) is 19.2 Å². The lowest BCUT2D eigenvalue weighted by Crippen LogP contribution is -2.56. The second-order valence-corrected chi connectivity index (χ2v) is 10.2. The zero-order valence-electron chi connectivity index (χ0n) is 21.3. The molecule has 0 aromatic heterocycles. The van der Waals surface area contributed by atoms with Gasteiger partial charge >= 0.3 is 11.9 Å². The summed E-state index contributed by atoms with van der Waals surface area (Å²) < 4.78 is 17.0. The third kappa shape index (κ3) is 3.98. The van der Waals surface area contributed by atoms with Crippen molar-refractivity contribution in [2.45, 2.75) is 46.3 Å². The molecule has 1 atom stereocenters. The van der Waals surface area contributed by atoms with Crippen LogP contribution in [0.5, 0.6) is 11.5 Å². The van der Waals surface area contributed by atoms with Crippen molar-refractivity contribution < 1.29 is 23.8 Å². The van der Waals surface area contributed by atoms with Crippen LogP contribution in [-0.4, -0.2) is 37.5 Å². The van der Waals surface area contributed by atoms with Crippen molar-refractivity contribution >= 4 is 40.3 Å². The third-order valence-corrected chi connectivity index (χ3v) is 7.12. The Morgan fingerprint density at radius 3 is 2.67 bits per heavy atom. The molecule has 3 aromatic rings. The van der Waals surface area contributed by atoms with E-state index in [1.807, 2.05) is 18.3 Å². The zero-order valence-corrected chi connectivity index (χ0v) is 21.3. The van der Waals surface area contributed by atoms with Crippen LogP contribution in [0, 0.1) is 5.41 Å². The van der Waals surface area contributed by atoms with Crippen LogP contribution in [0.3, 0.4) is 0 Å². The predicted octanol–water partition coefficient (Wildman–Crippen LogP) is 5.84. The van der Waals surface area contributed by atoms with Crippen LogP contribution in [0.15, 0.2) is 53.5 Å². The summed E-state index contributed by atoms with van der Waals surface area (Å²) in [5.41, 5.74) is 2.51. The van der Waals surface area contributed by atoms with Crippen LogP contribution < -0.4 is 14.4 Å². The molecule has 3 aromatic carbocycles. The highest BCUT2D eigenvalue weighted by molar-refractivity contribution is 6.05. The van der Waals surface area contributed by atoms with Crippen molar-refractivity contribution in [3.8, 4) is 11.5 Å². The highest BCUT2D eigenvalue weighted by atomic mass is 16.5. The lowest BCUT2D eigenvalue weighted by molar-refractivity contribution is -0.131. The second-order valence-electron chi connectivity index (χ2n) is 10.2. The summed E-state index contributed by atoms with van der Waals surface area (Å²) in [7, 11) is 1.29. The number of benzene rings is 3. The maximum Gasteiger partial charge on any atom is 0.341 e. The number of carbonyl (C=O) groups excluding carboxylic acids is 2. The Balaban J connectivity index is 1.61. The topological polar surface area (TPSA) is 77.4 Å². The summed E-state index contributed by atoms with van der Waals surface area (Å²) in [5, 5.41) is 1.49. The number of esters is 2. The molecule has 0 saturated carbocycles. The van der Waals surface area contributed by atoms with Gasteiger partial charge in [0.2, 0.25) is 5.72 Å². The van der Waals surface area contributed by atoms with Crippen molar-refractivity contribution in [2.24, 2.45) is 10.4 Å². The molecular weight excluding hydrogens is 456 g/mol. The van der Waals surface area contributed by atoms with Crippen molar-refractivity contribution in [1.29, 1.82) is 0 Å². The largest absolute Gasteiger partial charge is 0.465 e. The monoisotopic (exact) mass is 486 g/mol. The molecule has 0 fully saturated rings. The number of carbonyl (C=O) groups is 2. The minimum Gasteiger partial charge on any atom is -0.465 e. The smallest absolute Gasteiger partial charge is 0.341 e. The molecule has 0 N–H and O–H groups in total. The number of hydrogen-bond acceptors (Lipinski definition) is 7. The number of nitrogens with zero attached hydrogens (tertiary/aromatic N) is 2. The van der Waals surface area contributed by atoms with E-state index in [2.05, 4.69) is 49.9 Å². The molecular formula is C29H30N2O5. The molecule has 186 valence electrons. The Morgan fingerprint density at radius 2 is 1.94 bits per heavy atom. The number of hydrogen-bond donors (Lipinski definition) is 0. The third-order valence-electron chi connectivity index (χ3n) is 7.12. The molecule has 1 unspecified atom stereocenters. The molecule has 0 saturated heterocycles. The summed E-state index contributed by atoms with van der Waals surface area (Å²) >= 11 is 0. The number of methoxy groups -OCH3 is 1. The van der Waals surface area contributed by atoms with E-state index < -0.39 is 17.7 Å². The summed E-state index contributed by atoms with van der Waals surface area (Å²) in [5.74, 6) is -0.329. The van der Waals surface area contributed by atoms with Crippen LogP contribution in [0.1, 0.15) is 50.0 Å². The van der Waals surface area contributed by atoms with Crippen LogP contribution in [0.25, 0.3) is 10.8 Å². The van der Waals surface area contributed by atoms with E-state index in [1.54, 1.807) is 12.1 Å². The number of anilines is 1. The molecule has 0 aliphatic carbocycles. The van der Waals surface area contributed by atoms with E-state index in [1.165, 1.54) is 19.6 Å². The molecule has 0 bridgehead atoms. The summed E-state index contributed by atoms with van der Waals surface area (Å²) in [6, 6.07) is 15.5. The second kappa shape index (κ2) is 8.66. The molecule has 5 rings (SSSR count). The van der Waals surface area contributed by atoms with E-state index >= 15 is 0 Å². The normalized spacial score (nSPS) is 18.1. The van der Waals surface area contributed by atoms with Gasteiger partial charge < -0.3 is 19.1 Å². The standard InChI is InChI=1S/C29H30N2O5/c1-6-28(3,4)17-31-23-10-8-7-9-20(23)15-29(31)16-30-26-21-14-22(27(33)34-5)25(35-18(2)32)13-19(21)11-12-24(26)36-29/h7-14,16H,6,15,17H2,1-5H3. The zero-order chi connectivity index (χ0) is 25.7. The summed E-state index contributed by atoms with van der Waals surface area (Å²) in [6.07, 6.45) is 3.60. The van der Waals surface area contributed by atoms with Crippen molar-refractivity contribution in [3.05, 3.63) is 59.7 Å². The van der Waals surface area contributed by atoms with E-state index in [9.17, 15) is 9.59 Å². The van der Waals surface area contributed by atoms with Crippen molar-refractivity contribution in [1.82, 2.24) is 0 Å². The molecule has 2 heterocycles. The molecule has 2 aliphatic rings. The van der Waals surface area contributed by atoms with Gasteiger partial charge in [-0.05, 0) is 47.1 Å². The SMILES string of the molecule is CCC(C)(C)CN1c2ccccc2CC12C=Nc1c(ccc3cc(OC(C)=O)c(C(=O)OC)cc13)O2.